The van der Waals surface area contributed by atoms with Crippen molar-refractivity contribution in [1.29, 1.82) is 0 Å². The zero-order chi connectivity index (χ0) is 18.2. The Labute approximate surface area is 144 Å². The molecule has 1 unspecified atom stereocenters. The Bertz CT molecular complexity index is 719. The number of nitrogens with one attached hydrogen (secondary N) is 2. The van der Waals surface area contributed by atoms with Crippen molar-refractivity contribution in [2.45, 2.75) is 19.9 Å². The molecule has 0 fully saturated rings. The fourth-order valence-electron chi connectivity index (χ4n) is 2.23. The lowest BCUT2D eigenvalue weighted by Crippen LogP contribution is -2.33. The Balaban J connectivity index is 1.67. The highest BCUT2D eigenvalue weighted by atomic mass is 19.1. The summed E-state index contributed by atoms with van der Waals surface area (Å²) >= 11 is 0. The molecule has 0 aliphatic heterocycles. The number of halogens is 2. The summed E-state index contributed by atoms with van der Waals surface area (Å²) in [7, 11) is 0. The molecule has 6 nitrogen and oxygen atoms in total. The maximum atomic E-state index is 13.5. The van der Waals surface area contributed by atoms with Crippen molar-refractivity contribution in [3.05, 3.63) is 53.9 Å². The number of amides is 2. The van der Waals surface area contributed by atoms with Crippen LogP contribution in [0.25, 0.3) is 0 Å². The monoisotopic (exact) mass is 350 g/mol. The molecule has 1 aromatic carbocycles. The number of aromatic nitrogens is 2. The van der Waals surface area contributed by atoms with Crippen molar-refractivity contribution < 1.29 is 18.4 Å². The summed E-state index contributed by atoms with van der Waals surface area (Å²) in [6.45, 7) is 3.23. The van der Waals surface area contributed by atoms with Gasteiger partial charge in [-0.25, -0.2) is 8.78 Å². The minimum Gasteiger partial charge on any atom is -0.356 e. The number of carbonyl (C=O) groups excluding carboxylic acids is 2. The van der Waals surface area contributed by atoms with E-state index in [1.165, 1.54) is 0 Å². The second-order valence-corrected chi connectivity index (χ2v) is 5.77. The third-order valence-electron chi connectivity index (χ3n) is 3.52. The summed E-state index contributed by atoms with van der Waals surface area (Å²) in [6.07, 6.45) is 3.61. The summed E-state index contributed by atoms with van der Waals surface area (Å²) in [5.74, 6) is -2.39. The minimum atomic E-state index is -0.936. The van der Waals surface area contributed by atoms with Crippen LogP contribution in [0.15, 0.2) is 36.7 Å². The van der Waals surface area contributed by atoms with Gasteiger partial charge in [0.15, 0.2) is 0 Å². The number of hydrogen-bond donors (Lipinski definition) is 2. The van der Waals surface area contributed by atoms with E-state index in [9.17, 15) is 18.4 Å². The van der Waals surface area contributed by atoms with Gasteiger partial charge in [-0.1, -0.05) is 6.92 Å². The lowest BCUT2D eigenvalue weighted by atomic mass is 10.2. The van der Waals surface area contributed by atoms with Crippen LogP contribution in [0.3, 0.4) is 0 Å². The molecular formula is C17H20F2N4O2. The van der Waals surface area contributed by atoms with Crippen molar-refractivity contribution in [2.24, 2.45) is 5.92 Å². The lowest BCUT2D eigenvalue weighted by Gasteiger charge is -2.13. The number of rotatable bonds is 8. The van der Waals surface area contributed by atoms with Crippen LogP contribution < -0.4 is 10.6 Å². The highest BCUT2D eigenvalue weighted by Crippen LogP contribution is 2.09. The molecule has 0 aliphatic carbocycles. The molecule has 2 N–H and O–H groups in total. The molecule has 0 radical (unpaired) electrons. The highest BCUT2D eigenvalue weighted by molar-refractivity contribution is 5.94. The molecule has 2 amide bonds. The molecule has 0 aliphatic rings. The van der Waals surface area contributed by atoms with Crippen molar-refractivity contribution in [1.82, 2.24) is 20.4 Å². The van der Waals surface area contributed by atoms with Gasteiger partial charge >= 0.3 is 0 Å². The molecule has 1 heterocycles. The van der Waals surface area contributed by atoms with Gasteiger partial charge in [-0.05, 0) is 24.1 Å². The summed E-state index contributed by atoms with van der Waals surface area (Å²) in [5, 5.41) is 9.31. The fraction of sp³-hybridized carbons (Fsp3) is 0.353. The number of hydrogen-bond acceptors (Lipinski definition) is 3. The number of carbonyl (C=O) groups is 2. The Kier molecular flexibility index (Phi) is 6.62. The smallest absolute Gasteiger partial charge is 0.254 e. The second kappa shape index (κ2) is 8.91. The standard InChI is InChI=1S/C17H20F2N4O2/c1-12(11-23-8-2-6-22-23)10-21-16(24)5-7-20-17(25)14-4-3-13(18)9-15(14)19/h2-4,6,8-9,12H,5,7,10-11H2,1H3,(H,20,25)(H,21,24). The third kappa shape index (κ3) is 5.98. The Morgan fingerprint density at radius 3 is 2.76 bits per heavy atom. The molecule has 2 rings (SSSR count). The number of nitrogens with zero attached hydrogens (tertiary/aromatic N) is 2. The van der Waals surface area contributed by atoms with Gasteiger partial charge in [-0.15, -0.1) is 0 Å². The van der Waals surface area contributed by atoms with Crippen LogP contribution in [-0.2, 0) is 11.3 Å². The molecule has 134 valence electrons. The van der Waals surface area contributed by atoms with Gasteiger partial charge in [0, 0.05) is 44.5 Å². The summed E-state index contributed by atoms with van der Waals surface area (Å²) < 4.78 is 28.1. The van der Waals surface area contributed by atoms with Gasteiger partial charge in [-0.3, -0.25) is 14.3 Å². The maximum absolute atomic E-state index is 13.5. The first-order chi connectivity index (χ1) is 12.0. The predicted octanol–water partition coefficient (Wildman–Crippen LogP) is 1.73. The molecule has 1 atom stereocenters. The first-order valence-corrected chi connectivity index (χ1v) is 7.93. The molecule has 1 aromatic heterocycles. The van der Waals surface area contributed by atoms with Gasteiger partial charge in [0.05, 0.1) is 5.56 Å². The predicted molar refractivity (Wildman–Crippen MR) is 87.7 cm³/mol. The van der Waals surface area contributed by atoms with Crippen molar-refractivity contribution >= 4 is 11.8 Å². The maximum Gasteiger partial charge on any atom is 0.254 e. The molecular weight excluding hydrogens is 330 g/mol. The van der Waals surface area contributed by atoms with E-state index in [2.05, 4.69) is 15.7 Å². The van der Waals surface area contributed by atoms with Gasteiger partial charge in [-0.2, -0.15) is 5.10 Å². The van der Waals surface area contributed by atoms with Crippen LogP contribution in [0.4, 0.5) is 8.78 Å². The van der Waals surface area contributed by atoms with E-state index in [1.54, 1.807) is 10.9 Å². The largest absolute Gasteiger partial charge is 0.356 e. The highest BCUT2D eigenvalue weighted by Gasteiger charge is 2.13. The molecule has 0 bridgehead atoms. The lowest BCUT2D eigenvalue weighted by molar-refractivity contribution is -0.121. The van der Waals surface area contributed by atoms with Crippen LogP contribution in [0.1, 0.15) is 23.7 Å². The summed E-state index contributed by atoms with van der Waals surface area (Å²) in [4.78, 5) is 23.6. The Morgan fingerprint density at radius 1 is 1.28 bits per heavy atom. The van der Waals surface area contributed by atoms with Gasteiger partial charge in [0.1, 0.15) is 11.6 Å². The van der Waals surface area contributed by atoms with Gasteiger partial charge in [0.2, 0.25) is 5.91 Å². The van der Waals surface area contributed by atoms with Gasteiger partial charge in [0.25, 0.3) is 5.91 Å². The van der Waals surface area contributed by atoms with E-state index in [4.69, 9.17) is 0 Å². The molecule has 8 heteroatoms. The second-order valence-electron chi connectivity index (χ2n) is 5.77. The molecule has 0 spiro atoms. The average Bonchev–Trinajstić information content (AvgIpc) is 3.05. The molecule has 0 saturated heterocycles. The molecule has 25 heavy (non-hydrogen) atoms. The van der Waals surface area contributed by atoms with E-state index in [0.29, 0.717) is 19.2 Å². The van der Waals surface area contributed by atoms with E-state index >= 15 is 0 Å². The van der Waals surface area contributed by atoms with Crippen molar-refractivity contribution in [3.63, 3.8) is 0 Å². The Morgan fingerprint density at radius 2 is 2.08 bits per heavy atom. The van der Waals surface area contributed by atoms with E-state index in [0.717, 1.165) is 12.1 Å². The molecule has 0 saturated carbocycles. The zero-order valence-corrected chi connectivity index (χ0v) is 13.8. The summed E-state index contributed by atoms with van der Waals surface area (Å²) in [6, 6.07) is 4.54. The van der Waals surface area contributed by atoms with Crippen LogP contribution in [0.5, 0.6) is 0 Å². The Hall–Kier alpha value is -2.77. The minimum absolute atomic E-state index is 0.0645. The van der Waals surface area contributed by atoms with Crippen LogP contribution >= 0.6 is 0 Å². The third-order valence-corrected chi connectivity index (χ3v) is 3.52. The summed E-state index contributed by atoms with van der Waals surface area (Å²) in [5.41, 5.74) is -0.255. The van der Waals surface area contributed by atoms with Crippen LogP contribution in [0, 0.1) is 17.6 Å². The molecule has 2 aromatic rings. The van der Waals surface area contributed by atoms with Crippen LogP contribution in [0.2, 0.25) is 0 Å². The average molecular weight is 350 g/mol. The normalized spacial score (nSPS) is 11.8. The fourth-order valence-corrected chi connectivity index (χ4v) is 2.23. The number of benzene rings is 1. The van der Waals surface area contributed by atoms with Crippen LogP contribution in [-0.4, -0.2) is 34.7 Å². The van der Waals surface area contributed by atoms with E-state index in [-0.39, 0.29) is 30.4 Å². The van der Waals surface area contributed by atoms with Crippen molar-refractivity contribution in [2.75, 3.05) is 13.1 Å². The SMILES string of the molecule is CC(CNC(=O)CCNC(=O)c1ccc(F)cc1F)Cn1cccn1. The van der Waals surface area contributed by atoms with Gasteiger partial charge < -0.3 is 10.6 Å². The topological polar surface area (TPSA) is 76.0 Å². The van der Waals surface area contributed by atoms with Crippen molar-refractivity contribution in [3.8, 4) is 0 Å². The van der Waals surface area contributed by atoms with E-state index < -0.39 is 17.5 Å². The first-order valence-electron chi connectivity index (χ1n) is 7.93. The zero-order valence-electron chi connectivity index (χ0n) is 13.8. The quantitative estimate of drug-likeness (QED) is 0.761. The first kappa shape index (κ1) is 18.6. The van der Waals surface area contributed by atoms with E-state index in [1.807, 2.05) is 19.2 Å².